The van der Waals surface area contributed by atoms with Crippen molar-refractivity contribution in [2.24, 2.45) is 7.05 Å². The normalized spacial score (nSPS) is 12.1. The number of methoxy groups -OCH3 is 1. The number of nitrogens with zero attached hydrogens (tertiary/aromatic N) is 5. The Morgan fingerprint density at radius 1 is 1.26 bits per heavy atom. The molecule has 3 rings (SSSR count). The first-order valence-corrected chi connectivity index (χ1v) is 8.49. The predicted octanol–water partition coefficient (Wildman–Crippen LogP) is 0.580. The molecule has 0 unspecified atom stereocenters. The minimum absolute atomic E-state index is 0.129. The molecule has 9 nitrogen and oxygen atoms in total. The topological polar surface area (TPSA) is 96.0 Å². The molecule has 0 fully saturated rings. The molecule has 0 bridgehead atoms. The predicted molar refractivity (Wildman–Crippen MR) is 98.5 cm³/mol. The van der Waals surface area contributed by atoms with Gasteiger partial charge in [0.1, 0.15) is 12.4 Å². The maximum Gasteiger partial charge on any atom is 0.351 e. The molecule has 142 valence electrons. The monoisotopic (exact) mass is 370 g/mol. The zero-order valence-electron chi connectivity index (χ0n) is 15.5. The van der Waals surface area contributed by atoms with Gasteiger partial charge in [-0.3, -0.25) is 14.0 Å². The molecule has 0 spiro atoms. The summed E-state index contributed by atoms with van der Waals surface area (Å²) in [5, 5.41) is 11.3. The molecule has 9 heteroatoms. The highest BCUT2D eigenvalue weighted by atomic mass is 16.5. The molecule has 0 aliphatic carbocycles. The van der Waals surface area contributed by atoms with Gasteiger partial charge in [-0.25, -0.2) is 4.79 Å². The van der Waals surface area contributed by atoms with Gasteiger partial charge in [-0.15, -0.1) is 0 Å². The average molecular weight is 370 g/mol. The van der Waals surface area contributed by atoms with E-state index in [-0.39, 0.29) is 24.2 Å². The lowest BCUT2D eigenvalue weighted by Crippen LogP contribution is -2.37. The zero-order chi connectivity index (χ0) is 19.4. The Bertz CT molecular complexity index is 973. The smallest absolute Gasteiger partial charge is 0.351 e. The molecule has 2 heterocycles. The van der Waals surface area contributed by atoms with Crippen LogP contribution >= 0.6 is 0 Å². The Morgan fingerprint density at radius 2 is 2.00 bits per heavy atom. The fraction of sp³-hybridized carbons (Fsp3) is 0.333. The van der Waals surface area contributed by atoms with E-state index in [2.05, 4.69) is 15.5 Å². The van der Waals surface area contributed by atoms with Crippen LogP contribution in [0.3, 0.4) is 0 Å². The molecule has 2 aromatic heterocycles. The van der Waals surface area contributed by atoms with Gasteiger partial charge in [0.15, 0.2) is 0 Å². The summed E-state index contributed by atoms with van der Waals surface area (Å²) in [4.78, 5) is 25.2. The Hall–Kier alpha value is -3.20. The maximum atomic E-state index is 12.7. The molecule has 0 aliphatic heterocycles. The van der Waals surface area contributed by atoms with Crippen LogP contribution in [0, 0.1) is 6.92 Å². The molecule has 27 heavy (non-hydrogen) atoms. The molecule has 1 N–H and O–H groups in total. The van der Waals surface area contributed by atoms with E-state index in [1.165, 1.54) is 9.25 Å². The third-order valence-corrected chi connectivity index (χ3v) is 4.23. The van der Waals surface area contributed by atoms with Crippen molar-refractivity contribution in [2.75, 3.05) is 13.7 Å². The Balaban J connectivity index is 1.79. The molecular weight excluding hydrogens is 348 g/mol. The minimum atomic E-state index is -0.366. The fourth-order valence-corrected chi connectivity index (χ4v) is 2.89. The standard InChI is InChI=1S/C18H22N6O3/c1-13-21-24(14-7-5-4-6-8-14)18(26)23(13)11-17(25)20-15(12-27-3)16-9-10-19-22(16)2/h4-10,15H,11-12H2,1-3H3,(H,20,25)/t15-/m0/s1. The van der Waals surface area contributed by atoms with Gasteiger partial charge in [-0.1, -0.05) is 18.2 Å². The number of aromatic nitrogens is 5. The molecule has 1 atom stereocenters. The summed E-state index contributed by atoms with van der Waals surface area (Å²) in [6.45, 7) is 1.86. The van der Waals surface area contributed by atoms with Gasteiger partial charge in [-0.2, -0.15) is 14.9 Å². The van der Waals surface area contributed by atoms with Gasteiger partial charge < -0.3 is 10.1 Å². The number of benzene rings is 1. The van der Waals surface area contributed by atoms with Crippen LogP contribution in [0.2, 0.25) is 0 Å². The lowest BCUT2D eigenvalue weighted by atomic mass is 10.2. The molecule has 0 saturated carbocycles. The molecule has 0 radical (unpaired) electrons. The second-order valence-electron chi connectivity index (χ2n) is 6.12. The largest absolute Gasteiger partial charge is 0.382 e. The molecule has 3 aromatic rings. The maximum absolute atomic E-state index is 12.7. The van der Waals surface area contributed by atoms with Crippen LogP contribution in [-0.2, 0) is 23.1 Å². The highest BCUT2D eigenvalue weighted by Gasteiger charge is 2.20. The van der Waals surface area contributed by atoms with Crippen molar-refractivity contribution < 1.29 is 9.53 Å². The highest BCUT2D eigenvalue weighted by Crippen LogP contribution is 2.12. The van der Waals surface area contributed by atoms with Crippen LogP contribution in [0.4, 0.5) is 0 Å². The van der Waals surface area contributed by atoms with Crippen molar-refractivity contribution in [1.82, 2.24) is 29.4 Å². The first-order chi connectivity index (χ1) is 13.0. The summed E-state index contributed by atoms with van der Waals surface area (Å²) in [6.07, 6.45) is 1.66. The van der Waals surface area contributed by atoms with Crippen molar-refractivity contribution in [3.05, 3.63) is 64.6 Å². The van der Waals surface area contributed by atoms with Crippen molar-refractivity contribution >= 4 is 5.91 Å². The van der Waals surface area contributed by atoms with Gasteiger partial charge in [0.2, 0.25) is 5.91 Å². The number of para-hydroxylation sites is 1. The van der Waals surface area contributed by atoms with E-state index in [4.69, 9.17) is 4.74 Å². The Morgan fingerprint density at radius 3 is 2.63 bits per heavy atom. The third-order valence-electron chi connectivity index (χ3n) is 4.23. The summed E-state index contributed by atoms with van der Waals surface area (Å²) >= 11 is 0. The molecule has 1 aromatic carbocycles. The van der Waals surface area contributed by atoms with Gasteiger partial charge >= 0.3 is 5.69 Å². The SMILES string of the molecule is COC[C@H](NC(=O)Cn1c(C)nn(-c2ccccc2)c1=O)c1ccnn1C. The lowest BCUT2D eigenvalue weighted by Gasteiger charge is -2.18. The summed E-state index contributed by atoms with van der Waals surface area (Å²) < 4.78 is 9.51. The van der Waals surface area contributed by atoms with Gasteiger partial charge in [0.05, 0.1) is 24.0 Å². The number of hydrogen-bond acceptors (Lipinski definition) is 5. The fourth-order valence-electron chi connectivity index (χ4n) is 2.89. The number of rotatable bonds is 7. The van der Waals surface area contributed by atoms with E-state index in [0.29, 0.717) is 18.1 Å². The summed E-state index contributed by atoms with van der Waals surface area (Å²) in [5.41, 5.74) is 1.10. The summed E-state index contributed by atoms with van der Waals surface area (Å²) in [6, 6.07) is 10.5. The third kappa shape index (κ3) is 3.98. The number of carbonyl (C=O) groups excluding carboxylic acids is 1. The van der Waals surface area contributed by atoms with Crippen LogP contribution in [0.25, 0.3) is 5.69 Å². The Labute approximate surface area is 156 Å². The van der Waals surface area contributed by atoms with Crippen LogP contribution in [0.15, 0.2) is 47.4 Å². The van der Waals surface area contributed by atoms with Crippen LogP contribution < -0.4 is 11.0 Å². The van der Waals surface area contributed by atoms with E-state index in [1.807, 2.05) is 24.3 Å². The van der Waals surface area contributed by atoms with Crippen molar-refractivity contribution in [1.29, 1.82) is 0 Å². The summed E-state index contributed by atoms with van der Waals surface area (Å²) in [7, 11) is 3.36. The van der Waals surface area contributed by atoms with E-state index in [0.717, 1.165) is 5.69 Å². The number of nitrogens with one attached hydrogen (secondary N) is 1. The molecule has 0 aliphatic rings. The molecule has 1 amide bonds. The Kier molecular flexibility index (Phi) is 5.51. The average Bonchev–Trinajstić information content (AvgIpc) is 3.20. The van der Waals surface area contributed by atoms with Gasteiger partial charge in [-0.05, 0) is 25.1 Å². The highest BCUT2D eigenvalue weighted by molar-refractivity contribution is 5.76. The van der Waals surface area contributed by atoms with E-state index in [1.54, 1.807) is 44.1 Å². The number of carbonyl (C=O) groups is 1. The van der Waals surface area contributed by atoms with E-state index >= 15 is 0 Å². The molecular formula is C18H22N6O3. The van der Waals surface area contributed by atoms with Crippen LogP contribution in [-0.4, -0.2) is 43.8 Å². The first kappa shape index (κ1) is 18.6. The van der Waals surface area contributed by atoms with E-state index in [9.17, 15) is 9.59 Å². The number of aryl methyl sites for hydroxylation is 2. The number of ether oxygens (including phenoxy) is 1. The zero-order valence-corrected chi connectivity index (χ0v) is 15.5. The van der Waals surface area contributed by atoms with Gasteiger partial charge in [0, 0.05) is 20.4 Å². The molecule has 0 saturated heterocycles. The minimum Gasteiger partial charge on any atom is -0.382 e. The summed E-state index contributed by atoms with van der Waals surface area (Å²) in [5.74, 6) is 0.152. The number of amides is 1. The second-order valence-corrected chi connectivity index (χ2v) is 6.12. The van der Waals surface area contributed by atoms with Crippen molar-refractivity contribution in [2.45, 2.75) is 19.5 Å². The first-order valence-electron chi connectivity index (χ1n) is 8.49. The van der Waals surface area contributed by atoms with E-state index < -0.39 is 0 Å². The van der Waals surface area contributed by atoms with Crippen molar-refractivity contribution in [3.63, 3.8) is 0 Å². The van der Waals surface area contributed by atoms with Crippen LogP contribution in [0.5, 0.6) is 0 Å². The lowest BCUT2D eigenvalue weighted by molar-refractivity contribution is -0.123. The second kappa shape index (κ2) is 8.00. The van der Waals surface area contributed by atoms with Gasteiger partial charge in [0.25, 0.3) is 0 Å². The van der Waals surface area contributed by atoms with Crippen molar-refractivity contribution in [3.8, 4) is 5.69 Å². The quantitative estimate of drug-likeness (QED) is 0.656. The van der Waals surface area contributed by atoms with Crippen LogP contribution in [0.1, 0.15) is 17.6 Å². The number of hydrogen-bond donors (Lipinski definition) is 1.